The highest BCUT2D eigenvalue weighted by molar-refractivity contribution is 5.78. The van der Waals surface area contributed by atoms with Gasteiger partial charge in [0.1, 0.15) is 0 Å². The molecule has 72 valence electrons. The van der Waals surface area contributed by atoms with Crippen LogP contribution in [0.2, 0.25) is 0 Å². The number of carbonyl (C=O) groups excluding carboxylic acids is 1. The molecular weight excluding hydrogens is 164 g/mol. The average molecular weight is 180 g/mol. The summed E-state index contributed by atoms with van der Waals surface area (Å²) in [6.45, 7) is 2.78. The molecule has 2 rings (SSSR count). The summed E-state index contributed by atoms with van der Waals surface area (Å²) < 4.78 is 0. The van der Waals surface area contributed by atoms with Gasteiger partial charge in [0.05, 0.1) is 6.54 Å². The molecule has 3 heteroatoms. The van der Waals surface area contributed by atoms with Gasteiger partial charge in [-0.1, -0.05) is 12.2 Å². The van der Waals surface area contributed by atoms with Gasteiger partial charge in [-0.3, -0.25) is 9.69 Å². The van der Waals surface area contributed by atoms with Crippen molar-refractivity contribution < 1.29 is 4.79 Å². The summed E-state index contributed by atoms with van der Waals surface area (Å²) in [5.74, 6) is 0.188. The quantitative estimate of drug-likeness (QED) is 0.642. The maximum atomic E-state index is 11.4. The van der Waals surface area contributed by atoms with Crippen molar-refractivity contribution in [2.45, 2.75) is 25.3 Å². The summed E-state index contributed by atoms with van der Waals surface area (Å²) in [6.07, 6.45) is 7.53. The summed E-state index contributed by atoms with van der Waals surface area (Å²) in [5, 5.41) is 3.03. The molecule has 3 nitrogen and oxygen atoms in total. The molecule has 0 aromatic heterocycles. The number of amides is 1. The SMILES string of the molecule is O=C(CN1CCC1)NC1CC=CC1. The molecule has 0 aromatic rings. The summed E-state index contributed by atoms with van der Waals surface area (Å²) in [7, 11) is 0. The summed E-state index contributed by atoms with van der Waals surface area (Å²) >= 11 is 0. The van der Waals surface area contributed by atoms with Crippen LogP contribution in [0.25, 0.3) is 0 Å². The van der Waals surface area contributed by atoms with Crippen LogP contribution in [0.15, 0.2) is 12.2 Å². The molecule has 2 aliphatic rings. The largest absolute Gasteiger partial charge is 0.352 e. The van der Waals surface area contributed by atoms with Crippen LogP contribution in [0.5, 0.6) is 0 Å². The fraction of sp³-hybridized carbons (Fsp3) is 0.700. The fourth-order valence-electron chi connectivity index (χ4n) is 1.75. The molecule has 0 radical (unpaired) electrons. The first-order chi connectivity index (χ1) is 6.34. The lowest BCUT2D eigenvalue weighted by atomic mass is 10.2. The van der Waals surface area contributed by atoms with Crippen LogP contribution in [0.3, 0.4) is 0 Å². The van der Waals surface area contributed by atoms with Gasteiger partial charge in [0, 0.05) is 6.04 Å². The van der Waals surface area contributed by atoms with E-state index >= 15 is 0 Å². The third-order valence-electron chi connectivity index (χ3n) is 2.69. The molecule has 13 heavy (non-hydrogen) atoms. The van der Waals surface area contributed by atoms with E-state index in [1.54, 1.807) is 0 Å². The molecule has 1 N–H and O–H groups in total. The Morgan fingerprint density at radius 2 is 2.08 bits per heavy atom. The summed E-state index contributed by atoms with van der Waals surface area (Å²) in [4.78, 5) is 13.6. The van der Waals surface area contributed by atoms with Gasteiger partial charge >= 0.3 is 0 Å². The molecule has 1 saturated heterocycles. The van der Waals surface area contributed by atoms with Gasteiger partial charge < -0.3 is 5.32 Å². The Balaban J connectivity index is 1.65. The van der Waals surface area contributed by atoms with Crippen molar-refractivity contribution in [1.29, 1.82) is 0 Å². The van der Waals surface area contributed by atoms with Crippen LogP contribution < -0.4 is 5.32 Å². The van der Waals surface area contributed by atoms with Gasteiger partial charge in [-0.15, -0.1) is 0 Å². The number of carbonyl (C=O) groups is 1. The van der Waals surface area contributed by atoms with Crippen molar-refractivity contribution in [3.05, 3.63) is 12.2 Å². The first-order valence-corrected chi connectivity index (χ1v) is 5.01. The molecule has 1 fully saturated rings. The molecule has 0 spiro atoms. The molecule has 1 aliphatic carbocycles. The lowest BCUT2D eigenvalue weighted by Gasteiger charge is -2.30. The minimum Gasteiger partial charge on any atom is -0.352 e. The van der Waals surface area contributed by atoms with Gasteiger partial charge in [0.25, 0.3) is 0 Å². The minimum atomic E-state index is 0.188. The molecule has 0 atom stereocenters. The van der Waals surface area contributed by atoms with E-state index in [1.165, 1.54) is 6.42 Å². The van der Waals surface area contributed by atoms with Crippen LogP contribution in [-0.4, -0.2) is 36.5 Å². The fourth-order valence-corrected chi connectivity index (χ4v) is 1.75. The number of nitrogens with one attached hydrogen (secondary N) is 1. The van der Waals surface area contributed by atoms with Crippen LogP contribution in [-0.2, 0) is 4.79 Å². The number of rotatable bonds is 3. The van der Waals surface area contributed by atoms with Crippen molar-refractivity contribution >= 4 is 5.91 Å². The van der Waals surface area contributed by atoms with E-state index in [9.17, 15) is 4.79 Å². The first kappa shape index (κ1) is 8.75. The van der Waals surface area contributed by atoms with E-state index in [-0.39, 0.29) is 5.91 Å². The molecule has 0 bridgehead atoms. The second-order valence-electron chi connectivity index (χ2n) is 3.84. The maximum Gasteiger partial charge on any atom is 0.234 e. The molecule has 1 aliphatic heterocycles. The zero-order valence-corrected chi connectivity index (χ0v) is 7.83. The highest BCUT2D eigenvalue weighted by Gasteiger charge is 2.19. The Hall–Kier alpha value is -0.830. The van der Waals surface area contributed by atoms with Crippen molar-refractivity contribution in [3.63, 3.8) is 0 Å². The third kappa shape index (κ3) is 2.31. The van der Waals surface area contributed by atoms with E-state index in [2.05, 4.69) is 22.4 Å². The standard InChI is InChI=1S/C10H16N2O/c13-10(8-12-6-3-7-12)11-9-4-1-2-5-9/h1-2,9H,3-8H2,(H,11,13). The molecule has 0 saturated carbocycles. The maximum absolute atomic E-state index is 11.4. The van der Waals surface area contributed by atoms with Crippen LogP contribution >= 0.6 is 0 Å². The smallest absolute Gasteiger partial charge is 0.234 e. The second-order valence-corrected chi connectivity index (χ2v) is 3.84. The number of likely N-dealkylation sites (tertiary alicyclic amines) is 1. The zero-order valence-electron chi connectivity index (χ0n) is 7.83. The van der Waals surface area contributed by atoms with Gasteiger partial charge in [-0.25, -0.2) is 0 Å². The Bertz CT molecular complexity index is 213. The van der Waals surface area contributed by atoms with Crippen molar-refractivity contribution in [3.8, 4) is 0 Å². The van der Waals surface area contributed by atoms with E-state index in [4.69, 9.17) is 0 Å². The van der Waals surface area contributed by atoms with E-state index < -0.39 is 0 Å². The normalized spacial score (nSPS) is 23.1. The van der Waals surface area contributed by atoms with Crippen LogP contribution in [0, 0.1) is 0 Å². The minimum absolute atomic E-state index is 0.188. The Kier molecular flexibility index (Phi) is 2.64. The molecule has 0 aromatic carbocycles. The summed E-state index contributed by atoms with van der Waals surface area (Å²) in [6, 6.07) is 0.369. The van der Waals surface area contributed by atoms with Gasteiger partial charge in [0.2, 0.25) is 5.91 Å². The topological polar surface area (TPSA) is 32.3 Å². The highest BCUT2D eigenvalue weighted by Crippen LogP contribution is 2.09. The number of hydrogen-bond acceptors (Lipinski definition) is 2. The number of nitrogens with zero attached hydrogens (tertiary/aromatic N) is 1. The van der Waals surface area contributed by atoms with Crippen molar-refractivity contribution in [1.82, 2.24) is 10.2 Å². The highest BCUT2D eigenvalue weighted by atomic mass is 16.2. The van der Waals surface area contributed by atoms with Crippen LogP contribution in [0.4, 0.5) is 0 Å². The van der Waals surface area contributed by atoms with Gasteiger partial charge in [0.15, 0.2) is 0 Å². The monoisotopic (exact) mass is 180 g/mol. The molecule has 1 amide bonds. The Labute approximate surface area is 78.8 Å². The lowest BCUT2D eigenvalue weighted by molar-refractivity contribution is -0.123. The van der Waals surface area contributed by atoms with Crippen LogP contribution in [0.1, 0.15) is 19.3 Å². The number of hydrogen-bond donors (Lipinski definition) is 1. The van der Waals surface area contributed by atoms with Crippen molar-refractivity contribution in [2.24, 2.45) is 0 Å². The van der Waals surface area contributed by atoms with E-state index in [1.807, 2.05) is 0 Å². The second kappa shape index (κ2) is 3.92. The van der Waals surface area contributed by atoms with Gasteiger partial charge in [-0.2, -0.15) is 0 Å². The Morgan fingerprint density at radius 3 is 2.62 bits per heavy atom. The third-order valence-corrected chi connectivity index (χ3v) is 2.69. The first-order valence-electron chi connectivity index (χ1n) is 5.01. The van der Waals surface area contributed by atoms with Crippen molar-refractivity contribution in [2.75, 3.05) is 19.6 Å². The van der Waals surface area contributed by atoms with Gasteiger partial charge in [-0.05, 0) is 32.4 Å². The van der Waals surface area contributed by atoms with E-state index in [0.717, 1.165) is 25.9 Å². The summed E-state index contributed by atoms with van der Waals surface area (Å²) in [5.41, 5.74) is 0. The zero-order chi connectivity index (χ0) is 9.10. The predicted octanol–water partition coefficient (Wildman–Crippen LogP) is 0.527. The Morgan fingerprint density at radius 1 is 1.38 bits per heavy atom. The average Bonchev–Trinajstić information content (AvgIpc) is 2.49. The molecular formula is C10H16N2O. The molecule has 0 unspecified atom stereocenters. The predicted molar refractivity (Wildman–Crippen MR) is 51.4 cm³/mol. The van der Waals surface area contributed by atoms with E-state index in [0.29, 0.717) is 12.6 Å². The lowest BCUT2D eigenvalue weighted by Crippen LogP contribution is -2.46. The molecule has 1 heterocycles.